The number of benzene rings is 2. The zero-order valence-corrected chi connectivity index (χ0v) is 24.3. The zero-order chi connectivity index (χ0) is 31.3. The second-order valence-corrected chi connectivity index (χ2v) is 9.14. The van der Waals surface area contributed by atoms with Gasteiger partial charge in [0.05, 0.1) is 56.9 Å². The van der Waals surface area contributed by atoms with E-state index in [-0.39, 0.29) is 30.0 Å². The minimum absolute atomic E-state index is 0.0880. The number of hydrogen-bond donors (Lipinski definition) is 1. The number of amides is 2. The van der Waals surface area contributed by atoms with Crippen LogP contribution in [0.4, 0.5) is 10.1 Å². The lowest BCUT2D eigenvalue weighted by molar-refractivity contribution is -0.111. The monoisotopic (exact) mass is 602 g/mol. The number of carbonyl (C=O) groups is 4. The highest BCUT2D eigenvalue weighted by molar-refractivity contribution is 6.02. The van der Waals surface area contributed by atoms with Crippen LogP contribution in [0.2, 0.25) is 0 Å². The van der Waals surface area contributed by atoms with Crippen LogP contribution in [0.3, 0.4) is 0 Å². The van der Waals surface area contributed by atoms with E-state index in [1.54, 1.807) is 18.2 Å². The van der Waals surface area contributed by atoms with E-state index < -0.39 is 17.8 Å². The first kappa shape index (κ1) is 35.1. The summed E-state index contributed by atoms with van der Waals surface area (Å²) in [5, 5.41) is 2.26. The molecule has 12 heteroatoms. The highest BCUT2D eigenvalue weighted by Gasteiger charge is 2.23. The highest BCUT2D eigenvalue weighted by atomic mass is 19.1. The summed E-state index contributed by atoms with van der Waals surface area (Å²) in [5.74, 6) is -0.259. The molecule has 2 aromatic rings. The first-order valence-electron chi connectivity index (χ1n) is 13.9. The van der Waals surface area contributed by atoms with Gasteiger partial charge >= 0.3 is 0 Å². The number of ether oxygens (including phenoxy) is 5. The molecule has 2 aromatic carbocycles. The fourth-order valence-corrected chi connectivity index (χ4v) is 3.77. The van der Waals surface area contributed by atoms with Gasteiger partial charge in [0.2, 0.25) is 6.41 Å². The Balaban J connectivity index is 1.55. The first-order chi connectivity index (χ1) is 20.9. The molecule has 0 fully saturated rings. The van der Waals surface area contributed by atoms with Crippen LogP contribution in [-0.4, -0.2) is 95.7 Å². The average molecular weight is 603 g/mol. The molecule has 0 spiro atoms. The number of likely N-dealkylation sites (N-methyl/N-ethyl adjacent to an activating group) is 1. The Morgan fingerprint density at radius 2 is 1.53 bits per heavy atom. The van der Waals surface area contributed by atoms with Crippen LogP contribution in [0.5, 0.6) is 11.5 Å². The Hall–Kier alpha value is -4.13. The van der Waals surface area contributed by atoms with Gasteiger partial charge in [0.25, 0.3) is 5.91 Å². The molecule has 0 heterocycles. The zero-order valence-electron chi connectivity index (χ0n) is 24.3. The maximum absolute atomic E-state index is 13.7. The van der Waals surface area contributed by atoms with Gasteiger partial charge in [0.15, 0.2) is 6.29 Å². The summed E-state index contributed by atoms with van der Waals surface area (Å²) in [6, 6.07) is 8.15. The van der Waals surface area contributed by atoms with E-state index in [1.807, 2.05) is 0 Å². The molecule has 1 N–H and O–H groups in total. The van der Waals surface area contributed by atoms with E-state index in [1.165, 1.54) is 36.2 Å². The molecular weight excluding hydrogens is 563 g/mol. The minimum atomic E-state index is -0.631. The third kappa shape index (κ3) is 12.7. The predicted octanol–water partition coefficient (Wildman–Crippen LogP) is 3.71. The summed E-state index contributed by atoms with van der Waals surface area (Å²) in [6.07, 6.45) is 5.01. The summed E-state index contributed by atoms with van der Waals surface area (Å²) < 4.78 is 41.3. The molecule has 0 aliphatic rings. The van der Waals surface area contributed by atoms with Crippen molar-refractivity contribution < 1.29 is 47.3 Å². The molecule has 0 bridgehead atoms. The van der Waals surface area contributed by atoms with Gasteiger partial charge in [-0.3, -0.25) is 14.4 Å². The Kier molecular flexibility index (Phi) is 16.9. The van der Waals surface area contributed by atoms with E-state index >= 15 is 0 Å². The van der Waals surface area contributed by atoms with Crippen molar-refractivity contribution in [3.05, 3.63) is 66.0 Å². The lowest BCUT2D eigenvalue weighted by Crippen LogP contribution is -2.38. The number of anilines is 1. The number of rotatable bonds is 24. The number of nitrogens with zero attached hydrogens (tertiary/aromatic N) is 1. The third-order valence-corrected chi connectivity index (χ3v) is 6.12. The Morgan fingerprint density at radius 3 is 2.16 bits per heavy atom. The fourth-order valence-electron chi connectivity index (χ4n) is 3.77. The van der Waals surface area contributed by atoms with Crippen molar-refractivity contribution in [1.82, 2.24) is 4.90 Å². The molecule has 2 rings (SSSR count). The van der Waals surface area contributed by atoms with Gasteiger partial charge in [-0.15, -0.1) is 6.58 Å². The molecule has 234 valence electrons. The van der Waals surface area contributed by atoms with E-state index in [9.17, 15) is 23.6 Å². The second-order valence-electron chi connectivity index (χ2n) is 9.14. The van der Waals surface area contributed by atoms with Gasteiger partial charge in [-0.05, 0) is 43.2 Å². The Morgan fingerprint density at radius 1 is 0.907 bits per heavy atom. The van der Waals surface area contributed by atoms with Gasteiger partial charge in [0.1, 0.15) is 30.2 Å². The molecule has 0 saturated carbocycles. The van der Waals surface area contributed by atoms with E-state index in [0.29, 0.717) is 89.4 Å². The summed E-state index contributed by atoms with van der Waals surface area (Å²) in [7, 11) is 1.52. The number of hydrogen-bond acceptors (Lipinski definition) is 9. The quantitative estimate of drug-likeness (QED) is 0.109. The molecule has 2 amide bonds. The van der Waals surface area contributed by atoms with Gasteiger partial charge < -0.3 is 38.7 Å². The van der Waals surface area contributed by atoms with Crippen molar-refractivity contribution in [2.45, 2.75) is 25.3 Å². The minimum Gasteiger partial charge on any atom is -0.493 e. The van der Waals surface area contributed by atoms with Crippen molar-refractivity contribution in [2.24, 2.45) is 0 Å². The molecule has 0 aliphatic heterocycles. The normalized spacial score (nSPS) is 11.3. The standard InChI is InChI=1S/C31H39FN2O9/c1-3-4-6-25(22-36)34(2)31(38)28-19-26(8-7-24(28)21-35)43-18-17-41-16-15-40-14-13-39-11-5-12-42-27-9-10-30(33-23-37)29(32)20-27/h3,7-10,19-23,25H,1,4-6,11-18H2,2H3,(H,33,37). The van der Waals surface area contributed by atoms with Gasteiger partial charge in [0, 0.05) is 31.7 Å². The topological polar surface area (TPSA) is 130 Å². The lowest BCUT2D eigenvalue weighted by atomic mass is 10.0. The summed E-state index contributed by atoms with van der Waals surface area (Å²) in [4.78, 5) is 47.6. The molecule has 0 radical (unpaired) electrons. The van der Waals surface area contributed by atoms with Crippen LogP contribution < -0.4 is 14.8 Å². The largest absolute Gasteiger partial charge is 0.493 e. The molecule has 11 nitrogen and oxygen atoms in total. The fraction of sp³-hybridized carbons (Fsp3) is 0.419. The SMILES string of the molecule is C=CCCC(C=O)N(C)C(=O)c1cc(OCCOCCOCCOCCCOc2ccc(NC=O)c(F)c2)ccc1C=O. The third-order valence-electron chi connectivity index (χ3n) is 6.12. The summed E-state index contributed by atoms with van der Waals surface area (Å²) >= 11 is 0. The van der Waals surface area contributed by atoms with Gasteiger partial charge in [-0.1, -0.05) is 6.08 Å². The number of aldehydes is 2. The number of halogens is 1. The summed E-state index contributed by atoms with van der Waals surface area (Å²) in [6.45, 7) is 6.46. The van der Waals surface area contributed by atoms with Crippen molar-refractivity contribution in [3.63, 3.8) is 0 Å². The van der Waals surface area contributed by atoms with Crippen LogP contribution in [-0.2, 0) is 23.8 Å². The van der Waals surface area contributed by atoms with Crippen LogP contribution in [0.15, 0.2) is 49.1 Å². The average Bonchev–Trinajstić information content (AvgIpc) is 3.02. The van der Waals surface area contributed by atoms with Crippen LogP contribution >= 0.6 is 0 Å². The van der Waals surface area contributed by atoms with E-state index in [0.717, 1.165) is 0 Å². The highest BCUT2D eigenvalue weighted by Crippen LogP contribution is 2.21. The second kappa shape index (κ2) is 20.7. The first-order valence-corrected chi connectivity index (χ1v) is 13.9. The predicted molar refractivity (Wildman–Crippen MR) is 157 cm³/mol. The number of carbonyl (C=O) groups excluding carboxylic acids is 4. The molecule has 0 saturated heterocycles. The van der Waals surface area contributed by atoms with Crippen LogP contribution in [0, 0.1) is 5.82 Å². The Bertz CT molecular complexity index is 1180. The van der Waals surface area contributed by atoms with Gasteiger partial charge in [-0.25, -0.2) is 4.39 Å². The maximum Gasteiger partial charge on any atom is 0.255 e. The number of allylic oxidation sites excluding steroid dienone is 1. The summed E-state index contributed by atoms with van der Waals surface area (Å²) in [5.41, 5.74) is 0.445. The van der Waals surface area contributed by atoms with Gasteiger partial charge in [-0.2, -0.15) is 0 Å². The molecular formula is C31H39FN2O9. The number of nitrogens with one attached hydrogen (secondary N) is 1. The van der Waals surface area contributed by atoms with Crippen LogP contribution in [0.1, 0.15) is 40.0 Å². The Labute approximate surface area is 250 Å². The molecule has 1 unspecified atom stereocenters. The van der Waals surface area contributed by atoms with Crippen molar-refractivity contribution in [1.29, 1.82) is 0 Å². The molecule has 1 atom stereocenters. The van der Waals surface area contributed by atoms with Crippen molar-refractivity contribution >= 4 is 30.6 Å². The van der Waals surface area contributed by atoms with E-state index in [4.69, 9.17) is 23.7 Å². The lowest BCUT2D eigenvalue weighted by Gasteiger charge is -2.24. The van der Waals surface area contributed by atoms with Crippen molar-refractivity contribution in [2.75, 3.05) is 65.2 Å². The van der Waals surface area contributed by atoms with Crippen LogP contribution in [0.25, 0.3) is 0 Å². The maximum atomic E-state index is 13.7. The molecule has 43 heavy (non-hydrogen) atoms. The molecule has 0 aromatic heterocycles. The molecule has 0 aliphatic carbocycles. The van der Waals surface area contributed by atoms with E-state index in [2.05, 4.69) is 11.9 Å². The van der Waals surface area contributed by atoms with Crippen molar-refractivity contribution in [3.8, 4) is 11.5 Å². The smallest absolute Gasteiger partial charge is 0.255 e.